The second-order valence-electron chi connectivity index (χ2n) is 9.43. The van der Waals surface area contributed by atoms with Crippen molar-refractivity contribution in [3.8, 4) is 5.75 Å². The van der Waals surface area contributed by atoms with Crippen molar-refractivity contribution in [3.05, 3.63) is 58.1 Å². The first-order valence-electron chi connectivity index (χ1n) is 11.7. The van der Waals surface area contributed by atoms with Gasteiger partial charge in [-0.3, -0.25) is 4.79 Å². The van der Waals surface area contributed by atoms with Crippen LogP contribution in [0.2, 0.25) is 0 Å². The van der Waals surface area contributed by atoms with Gasteiger partial charge in [-0.25, -0.2) is 12.7 Å². The maximum Gasteiger partial charge on any atom is 0.243 e. The fourth-order valence-corrected chi connectivity index (χ4v) is 6.22. The van der Waals surface area contributed by atoms with Crippen LogP contribution in [0.15, 0.2) is 35.2 Å². The van der Waals surface area contributed by atoms with Crippen LogP contribution < -0.4 is 4.74 Å². The molecule has 0 aliphatic carbocycles. The second-order valence-corrected chi connectivity index (χ2v) is 11.4. The van der Waals surface area contributed by atoms with Gasteiger partial charge in [-0.05, 0) is 80.7 Å². The van der Waals surface area contributed by atoms with E-state index in [4.69, 9.17) is 4.74 Å². The summed E-state index contributed by atoms with van der Waals surface area (Å²) in [7, 11) is 3.58. The quantitative estimate of drug-likeness (QED) is 0.543. The molecule has 0 saturated carbocycles. The van der Waals surface area contributed by atoms with E-state index in [1.807, 2.05) is 19.0 Å². The molecule has 0 radical (unpaired) electrons. The number of sulfonamides is 1. The van der Waals surface area contributed by atoms with Gasteiger partial charge in [0.05, 0.1) is 12.0 Å². The van der Waals surface area contributed by atoms with Crippen LogP contribution in [-0.2, 0) is 34.3 Å². The van der Waals surface area contributed by atoms with E-state index in [0.717, 1.165) is 13.0 Å². The van der Waals surface area contributed by atoms with Crippen molar-refractivity contribution in [3.63, 3.8) is 0 Å². The number of rotatable bonds is 9. The zero-order valence-corrected chi connectivity index (χ0v) is 22.0. The zero-order chi connectivity index (χ0) is 25.0. The molecular formula is C26H37N3O4S. The summed E-state index contributed by atoms with van der Waals surface area (Å²) in [5.74, 6) is 0.713. The van der Waals surface area contributed by atoms with Crippen LogP contribution in [0.3, 0.4) is 0 Å². The van der Waals surface area contributed by atoms with Crippen LogP contribution in [0.1, 0.15) is 40.7 Å². The van der Waals surface area contributed by atoms with Gasteiger partial charge < -0.3 is 14.5 Å². The van der Waals surface area contributed by atoms with E-state index in [1.54, 1.807) is 40.1 Å². The number of hydrogen-bond donors (Lipinski definition) is 0. The third-order valence-corrected chi connectivity index (χ3v) is 8.50. The van der Waals surface area contributed by atoms with Crippen molar-refractivity contribution < 1.29 is 17.9 Å². The lowest BCUT2D eigenvalue weighted by atomic mass is 9.97. The van der Waals surface area contributed by atoms with Gasteiger partial charge in [0, 0.05) is 39.6 Å². The molecule has 1 heterocycles. The van der Waals surface area contributed by atoms with Crippen molar-refractivity contribution in [2.45, 2.75) is 51.1 Å². The van der Waals surface area contributed by atoms with Gasteiger partial charge in [-0.1, -0.05) is 18.2 Å². The Morgan fingerprint density at radius 3 is 2.35 bits per heavy atom. The summed E-state index contributed by atoms with van der Waals surface area (Å²) in [6, 6.07) is 10.0. The molecule has 7 nitrogen and oxygen atoms in total. The average molecular weight is 488 g/mol. The molecule has 186 valence electrons. The number of amides is 1. The smallest absolute Gasteiger partial charge is 0.243 e. The third-order valence-electron chi connectivity index (χ3n) is 6.34. The normalized spacial score (nSPS) is 13.9. The summed E-state index contributed by atoms with van der Waals surface area (Å²) in [6.07, 6.45) is 1.66. The Morgan fingerprint density at radius 2 is 1.74 bits per heavy atom. The summed E-state index contributed by atoms with van der Waals surface area (Å²) >= 11 is 0. The Kier molecular flexibility index (Phi) is 8.38. The first-order valence-corrected chi connectivity index (χ1v) is 13.1. The second kappa shape index (κ2) is 10.9. The Balaban J connectivity index is 1.59. The third kappa shape index (κ3) is 5.98. The van der Waals surface area contributed by atoms with Gasteiger partial charge in [0.15, 0.2) is 0 Å². The molecule has 1 aliphatic rings. The predicted octanol–water partition coefficient (Wildman–Crippen LogP) is 3.36. The van der Waals surface area contributed by atoms with E-state index in [2.05, 4.69) is 23.1 Å². The van der Waals surface area contributed by atoms with Gasteiger partial charge in [0.25, 0.3) is 0 Å². The lowest BCUT2D eigenvalue weighted by Crippen LogP contribution is -2.36. The molecule has 0 unspecified atom stereocenters. The minimum atomic E-state index is -3.65. The highest BCUT2D eigenvalue weighted by molar-refractivity contribution is 7.89. The fourth-order valence-electron chi connectivity index (χ4n) is 4.61. The topological polar surface area (TPSA) is 70.2 Å². The molecule has 0 N–H and O–H groups in total. The molecule has 0 saturated heterocycles. The Morgan fingerprint density at radius 1 is 1.06 bits per heavy atom. The molecule has 0 bridgehead atoms. The molecule has 3 rings (SSSR count). The molecule has 1 amide bonds. The number of carbonyl (C=O) groups is 1. The van der Waals surface area contributed by atoms with Crippen molar-refractivity contribution in [2.75, 3.05) is 41.3 Å². The van der Waals surface area contributed by atoms with Crippen LogP contribution in [0.25, 0.3) is 0 Å². The number of hydrogen-bond acceptors (Lipinski definition) is 5. The summed E-state index contributed by atoms with van der Waals surface area (Å²) < 4.78 is 33.0. The number of benzene rings is 2. The highest BCUT2D eigenvalue weighted by Gasteiger charge is 2.26. The number of carbonyl (C=O) groups excluding carboxylic acids is 1. The number of methoxy groups -OCH3 is 1. The Hall–Kier alpha value is -2.42. The average Bonchev–Trinajstić information content (AvgIpc) is 2.77. The van der Waals surface area contributed by atoms with Crippen molar-refractivity contribution >= 4 is 15.9 Å². The first-order chi connectivity index (χ1) is 16.0. The van der Waals surface area contributed by atoms with Crippen LogP contribution in [-0.4, -0.2) is 69.8 Å². The number of ether oxygens (including phenoxy) is 1. The molecule has 0 spiro atoms. The van der Waals surface area contributed by atoms with E-state index in [-0.39, 0.29) is 12.5 Å². The molecule has 0 fully saturated rings. The standard InChI is InChI=1S/C26H37N3O4S/c1-19-14-24(33-6)15-20(2)26(19)34(31,32)28(5)12-7-8-25(30)29-13-11-22-10-9-21(17-27(3)4)16-23(22)18-29/h9-10,14-16H,7-8,11-13,17-18H2,1-6H3. The van der Waals surface area contributed by atoms with E-state index < -0.39 is 10.0 Å². The van der Waals surface area contributed by atoms with Crippen molar-refractivity contribution in [2.24, 2.45) is 0 Å². The van der Waals surface area contributed by atoms with Crippen LogP contribution in [0, 0.1) is 13.8 Å². The molecule has 2 aromatic rings. The van der Waals surface area contributed by atoms with E-state index in [9.17, 15) is 13.2 Å². The molecular weight excluding hydrogens is 450 g/mol. The van der Waals surface area contributed by atoms with Crippen LogP contribution in [0.4, 0.5) is 0 Å². The van der Waals surface area contributed by atoms with E-state index in [1.165, 1.54) is 21.0 Å². The SMILES string of the molecule is COc1cc(C)c(S(=O)(=O)N(C)CCCC(=O)N2CCc3ccc(CN(C)C)cc3C2)c(C)c1. The van der Waals surface area contributed by atoms with Gasteiger partial charge in [-0.15, -0.1) is 0 Å². The van der Waals surface area contributed by atoms with E-state index in [0.29, 0.717) is 47.7 Å². The van der Waals surface area contributed by atoms with Crippen LogP contribution in [0.5, 0.6) is 5.75 Å². The summed E-state index contributed by atoms with van der Waals surface area (Å²) in [5.41, 5.74) is 5.07. The minimum Gasteiger partial charge on any atom is -0.497 e. The maximum atomic E-state index is 13.2. The molecule has 8 heteroatoms. The lowest BCUT2D eigenvalue weighted by molar-refractivity contribution is -0.132. The first kappa shape index (κ1) is 26.2. The fraction of sp³-hybridized carbons (Fsp3) is 0.500. The van der Waals surface area contributed by atoms with E-state index >= 15 is 0 Å². The summed E-state index contributed by atoms with van der Waals surface area (Å²) in [6.45, 7) is 6.03. The van der Waals surface area contributed by atoms with Crippen molar-refractivity contribution in [1.29, 1.82) is 0 Å². The molecule has 34 heavy (non-hydrogen) atoms. The number of nitrogens with zero attached hydrogens (tertiary/aromatic N) is 3. The highest BCUT2D eigenvalue weighted by Crippen LogP contribution is 2.28. The van der Waals surface area contributed by atoms with Gasteiger partial charge >= 0.3 is 0 Å². The Labute approximate surface area is 204 Å². The maximum absolute atomic E-state index is 13.2. The number of fused-ring (bicyclic) bond motifs is 1. The van der Waals surface area contributed by atoms with Gasteiger partial charge in [0.2, 0.25) is 15.9 Å². The summed E-state index contributed by atoms with van der Waals surface area (Å²) in [5, 5.41) is 0. The van der Waals surface area contributed by atoms with Crippen LogP contribution >= 0.6 is 0 Å². The highest BCUT2D eigenvalue weighted by atomic mass is 32.2. The Bertz CT molecular complexity index is 1120. The molecule has 0 aromatic heterocycles. The number of aryl methyl sites for hydroxylation is 2. The zero-order valence-electron chi connectivity index (χ0n) is 21.2. The molecule has 2 aromatic carbocycles. The summed E-state index contributed by atoms with van der Waals surface area (Å²) in [4.78, 5) is 17.2. The lowest BCUT2D eigenvalue weighted by Gasteiger charge is -2.30. The van der Waals surface area contributed by atoms with Crippen molar-refractivity contribution in [1.82, 2.24) is 14.1 Å². The monoisotopic (exact) mass is 487 g/mol. The largest absolute Gasteiger partial charge is 0.497 e. The predicted molar refractivity (Wildman–Crippen MR) is 134 cm³/mol. The van der Waals surface area contributed by atoms with Gasteiger partial charge in [-0.2, -0.15) is 0 Å². The molecule has 1 aliphatic heterocycles. The minimum absolute atomic E-state index is 0.0752. The molecule has 0 atom stereocenters. The van der Waals surface area contributed by atoms with Gasteiger partial charge in [0.1, 0.15) is 5.75 Å².